The molecule has 3 N–H and O–H groups in total. The lowest BCUT2D eigenvalue weighted by Crippen LogP contribution is -2.33. The third kappa shape index (κ3) is 3.95. The van der Waals surface area contributed by atoms with Gasteiger partial charge in [-0.15, -0.1) is 0 Å². The van der Waals surface area contributed by atoms with Crippen molar-refractivity contribution in [1.29, 1.82) is 0 Å². The summed E-state index contributed by atoms with van der Waals surface area (Å²) in [5.41, 5.74) is -0.229. The average Bonchev–Trinajstić information content (AvgIpc) is 1.79. The molecule has 0 aliphatic heterocycles. The molecular formula is C7H15NO3. The summed E-state index contributed by atoms with van der Waals surface area (Å²) in [6.45, 7) is 5.65. The highest BCUT2D eigenvalue weighted by Gasteiger charge is 2.27. The molecule has 0 radical (unpaired) electrons. The van der Waals surface area contributed by atoms with E-state index in [4.69, 9.17) is 11.0 Å². The first-order chi connectivity index (χ1) is 4.88. The summed E-state index contributed by atoms with van der Waals surface area (Å²) in [6, 6.07) is 0. The maximum atomic E-state index is 10.3. The van der Waals surface area contributed by atoms with Crippen LogP contribution in [0.4, 0.5) is 0 Å². The first-order valence-corrected chi connectivity index (χ1v) is 3.45. The van der Waals surface area contributed by atoms with Gasteiger partial charge in [0.2, 0.25) is 0 Å². The number of carboxylic acid groups (broad SMARTS) is 1. The highest BCUT2D eigenvalue weighted by molar-refractivity contribution is 5.67. The van der Waals surface area contributed by atoms with Gasteiger partial charge in [-0.1, -0.05) is 20.8 Å². The Morgan fingerprint density at radius 2 is 2.09 bits per heavy atom. The molecule has 0 aromatic heterocycles. The van der Waals surface area contributed by atoms with E-state index in [1.807, 2.05) is 20.8 Å². The van der Waals surface area contributed by atoms with Crippen molar-refractivity contribution < 1.29 is 14.7 Å². The first-order valence-electron chi connectivity index (χ1n) is 3.45. The van der Waals surface area contributed by atoms with Crippen LogP contribution in [0.25, 0.3) is 0 Å². The van der Waals surface area contributed by atoms with Crippen LogP contribution in [-0.4, -0.2) is 17.2 Å². The van der Waals surface area contributed by atoms with E-state index in [1.165, 1.54) is 0 Å². The maximum Gasteiger partial charge on any atom is 0.306 e. The Morgan fingerprint density at radius 3 is 2.18 bits per heavy atom. The van der Waals surface area contributed by atoms with Gasteiger partial charge < -0.3 is 9.94 Å². The number of rotatable bonds is 3. The predicted octanol–water partition coefficient (Wildman–Crippen LogP) is 0.766. The van der Waals surface area contributed by atoms with Crippen molar-refractivity contribution in [2.75, 3.05) is 0 Å². The molecule has 0 aromatic rings. The molecule has 0 amide bonds. The van der Waals surface area contributed by atoms with E-state index >= 15 is 0 Å². The Balaban J connectivity index is 4.07. The zero-order valence-corrected chi connectivity index (χ0v) is 7.13. The van der Waals surface area contributed by atoms with Crippen LogP contribution in [-0.2, 0) is 9.63 Å². The molecule has 0 fully saturated rings. The smallest absolute Gasteiger partial charge is 0.306 e. The van der Waals surface area contributed by atoms with E-state index in [9.17, 15) is 4.79 Å². The van der Waals surface area contributed by atoms with E-state index in [0.29, 0.717) is 0 Å². The summed E-state index contributed by atoms with van der Waals surface area (Å²) in [5.74, 6) is 4.05. The molecule has 0 heterocycles. The molecule has 0 bridgehead atoms. The SMILES string of the molecule is CC(C)(C)C(CC(=O)O)ON. The zero-order chi connectivity index (χ0) is 9.07. The molecule has 66 valence electrons. The molecule has 0 aliphatic carbocycles. The Bertz CT molecular complexity index is 139. The van der Waals surface area contributed by atoms with Crippen molar-refractivity contribution in [2.24, 2.45) is 11.3 Å². The van der Waals surface area contributed by atoms with Gasteiger partial charge in [0.15, 0.2) is 0 Å². The normalized spacial score (nSPS) is 14.5. The number of aliphatic carboxylic acids is 1. The first kappa shape index (κ1) is 10.4. The van der Waals surface area contributed by atoms with Crippen molar-refractivity contribution >= 4 is 5.97 Å². The largest absolute Gasteiger partial charge is 0.481 e. The fourth-order valence-electron chi connectivity index (χ4n) is 0.717. The van der Waals surface area contributed by atoms with Crippen LogP contribution in [0.5, 0.6) is 0 Å². The summed E-state index contributed by atoms with van der Waals surface area (Å²) in [7, 11) is 0. The molecular weight excluding hydrogens is 146 g/mol. The van der Waals surface area contributed by atoms with Crippen LogP contribution in [0.15, 0.2) is 0 Å². The van der Waals surface area contributed by atoms with E-state index < -0.39 is 12.1 Å². The van der Waals surface area contributed by atoms with Crippen LogP contribution >= 0.6 is 0 Å². The molecule has 11 heavy (non-hydrogen) atoms. The average molecular weight is 161 g/mol. The van der Waals surface area contributed by atoms with Gasteiger partial charge >= 0.3 is 5.97 Å². The third-order valence-corrected chi connectivity index (χ3v) is 1.49. The van der Waals surface area contributed by atoms with E-state index in [1.54, 1.807) is 0 Å². The maximum absolute atomic E-state index is 10.3. The van der Waals surface area contributed by atoms with Crippen LogP contribution < -0.4 is 5.90 Å². The minimum atomic E-state index is -0.893. The Morgan fingerprint density at radius 1 is 1.64 bits per heavy atom. The fourth-order valence-corrected chi connectivity index (χ4v) is 0.717. The van der Waals surface area contributed by atoms with Gasteiger partial charge in [0.1, 0.15) is 0 Å². The van der Waals surface area contributed by atoms with Crippen LogP contribution in [0.1, 0.15) is 27.2 Å². The van der Waals surface area contributed by atoms with Gasteiger partial charge in [-0.25, -0.2) is 5.90 Å². The summed E-state index contributed by atoms with van der Waals surface area (Å²) in [6.07, 6.45) is -0.486. The molecule has 0 saturated heterocycles. The van der Waals surface area contributed by atoms with Gasteiger partial charge in [-0.05, 0) is 5.41 Å². The number of carbonyl (C=O) groups is 1. The van der Waals surface area contributed by atoms with Gasteiger partial charge in [0.05, 0.1) is 12.5 Å². The topological polar surface area (TPSA) is 72.5 Å². The highest BCUT2D eigenvalue weighted by Crippen LogP contribution is 2.23. The fraction of sp³-hybridized carbons (Fsp3) is 0.857. The Labute approximate surface area is 66.3 Å². The third-order valence-electron chi connectivity index (χ3n) is 1.49. The molecule has 4 nitrogen and oxygen atoms in total. The summed E-state index contributed by atoms with van der Waals surface area (Å²) in [4.78, 5) is 14.8. The molecule has 1 unspecified atom stereocenters. The van der Waals surface area contributed by atoms with Crippen molar-refractivity contribution in [3.8, 4) is 0 Å². The van der Waals surface area contributed by atoms with Crippen LogP contribution in [0.3, 0.4) is 0 Å². The second kappa shape index (κ2) is 3.69. The molecule has 0 spiro atoms. The second-order valence-corrected chi connectivity index (χ2v) is 3.59. The van der Waals surface area contributed by atoms with Gasteiger partial charge in [0, 0.05) is 0 Å². The molecule has 1 atom stereocenters. The number of carboxylic acids is 1. The number of nitrogens with two attached hydrogens (primary N) is 1. The Hall–Kier alpha value is -0.610. The van der Waals surface area contributed by atoms with Crippen molar-refractivity contribution in [3.63, 3.8) is 0 Å². The molecule has 0 rings (SSSR count). The van der Waals surface area contributed by atoms with Gasteiger partial charge in [-0.3, -0.25) is 4.79 Å². The van der Waals surface area contributed by atoms with Gasteiger partial charge in [-0.2, -0.15) is 0 Å². The van der Waals surface area contributed by atoms with Crippen molar-refractivity contribution in [3.05, 3.63) is 0 Å². The van der Waals surface area contributed by atoms with Crippen molar-refractivity contribution in [1.82, 2.24) is 0 Å². The predicted molar refractivity (Wildman–Crippen MR) is 40.8 cm³/mol. The van der Waals surface area contributed by atoms with Gasteiger partial charge in [0.25, 0.3) is 0 Å². The minimum absolute atomic E-state index is 0.0556. The lowest BCUT2D eigenvalue weighted by atomic mass is 9.87. The minimum Gasteiger partial charge on any atom is -0.481 e. The monoisotopic (exact) mass is 161 g/mol. The number of hydrogen-bond donors (Lipinski definition) is 2. The summed E-state index contributed by atoms with van der Waals surface area (Å²) < 4.78 is 0. The van der Waals surface area contributed by atoms with E-state index in [-0.39, 0.29) is 11.8 Å². The number of hydrogen-bond acceptors (Lipinski definition) is 3. The zero-order valence-electron chi connectivity index (χ0n) is 7.13. The summed E-state index contributed by atoms with van der Waals surface area (Å²) >= 11 is 0. The molecule has 4 heteroatoms. The lowest BCUT2D eigenvalue weighted by Gasteiger charge is -2.26. The molecule has 0 aliphatic rings. The van der Waals surface area contributed by atoms with Crippen LogP contribution in [0, 0.1) is 5.41 Å². The lowest BCUT2D eigenvalue weighted by molar-refractivity contribution is -0.143. The molecule has 0 saturated carbocycles. The van der Waals surface area contributed by atoms with E-state index in [0.717, 1.165) is 0 Å². The summed E-state index contributed by atoms with van der Waals surface area (Å²) in [5, 5.41) is 8.44. The van der Waals surface area contributed by atoms with Crippen molar-refractivity contribution in [2.45, 2.75) is 33.3 Å². The molecule has 0 aromatic carbocycles. The van der Waals surface area contributed by atoms with Crippen LogP contribution in [0.2, 0.25) is 0 Å². The highest BCUT2D eigenvalue weighted by atomic mass is 16.6. The standard InChI is InChI=1S/C7H15NO3/c1-7(2,3)5(11-8)4-6(9)10/h5H,4,8H2,1-3H3,(H,9,10). The second-order valence-electron chi connectivity index (χ2n) is 3.59. The van der Waals surface area contributed by atoms with E-state index in [2.05, 4.69) is 4.84 Å². The quantitative estimate of drug-likeness (QED) is 0.599. The Kier molecular flexibility index (Phi) is 3.48.